The lowest BCUT2D eigenvalue weighted by molar-refractivity contribution is -0.168. The van der Waals surface area contributed by atoms with Crippen LogP contribution < -0.4 is 0 Å². The predicted molar refractivity (Wildman–Crippen MR) is 57.7 cm³/mol. The van der Waals surface area contributed by atoms with Crippen LogP contribution in [0.3, 0.4) is 0 Å². The van der Waals surface area contributed by atoms with Crippen LogP contribution in [0.5, 0.6) is 0 Å². The molecule has 3 atom stereocenters. The maximum atomic E-state index is 12.0. The highest BCUT2D eigenvalue weighted by molar-refractivity contribution is 6.24. The largest absolute Gasteiger partial charge is 0.465 e. The Hall–Kier alpha value is -1.19. The molecular weight excluding hydrogens is 208 g/mol. The average Bonchev–Trinajstić information content (AvgIpc) is 2.24. The van der Waals surface area contributed by atoms with Gasteiger partial charge in [-0.15, -0.1) is 0 Å². The van der Waals surface area contributed by atoms with E-state index < -0.39 is 11.4 Å². The van der Waals surface area contributed by atoms with Crippen molar-refractivity contribution in [2.24, 2.45) is 17.3 Å². The van der Waals surface area contributed by atoms with Gasteiger partial charge in [-0.3, -0.25) is 14.4 Å². The van der Waals surface area contributed by atoms with Gasteiger partial charge in [0.15, 0.2) is 17.0 Å². The van der Waals surface area contributed by atoms with Crippen molar-refractivity contribution in [1.82, 2.24) is 0 Å². The normalized spacial score (nSPS) is 35.0. The zero-order valence-corrected chi connectivity index (χ0v) is 10.2. The Morgan fingerprint density at radius 3 is 2.12 bits per heavy atom. The molecule has 0 aliphatic heterocycles. The lowest BCUT2D eigenvalue weighted by atomic mass is 9.65. The molecule has 0 aromatic rings. The van der Waals surface area contributed by atoms with Crippen LogP contribution in [0.2, 0.25) is 0 Å². The highest BCUT2D eigenvalue weighted by Gasteiger charge is 2.55. The van der Waals surface area contributed by atoms with Gasteiger partial charge in [-0.1, -0.05) is 13.8 Å². The molecule has 0 aromatic carbocycles. The first kappa shape index (κ1) is 12.9. The second-order valence-electron chi connectivity index (χ2n) is 4.61. The van der Waals surface area contributed by atoms with E-state index in [1.807, 2.05) is 0 Å². The topological polar surface area (TPSA) is 60.4 Å². The molecule has 90 valence electrons. The number of hydrogen-bond donors (Lipinski definition) is 0. The Morgan fingerprint density at radius 2 is 1.75 bits per heavy atom. The summed E-state index contributed by atoms with van der Waals surface area (Å²) in [6.07, 6.45) is 0.520. The molecule has 16 heavy (non-hydrogen) atoms. The Morgan fingerprint density at radius 1 is 1.31 bits per heavy atom. The fourth-order valence-electron chi connectivity index (χ4n) is 2.33. The summed E-state index contributed by atoms with van der Waals surface area (Å²) in [5, 5.41) is 0. The molecule has 1 saturated carbocycles. The number of Topliss-reactive ketones (excluding diaryl/α,β-unsaturated/α-hetero) is 2. The lowest BCUT2D eigenvalue weighted by Crippen LogP contribution is -2.53. The summed E-state index contributed by atoms with van der Waals surface area (Å²) in [5.41, 5.74) is -1.59. The fraction of sp³-hybridized carbons (Fsp3) is 0.750. The summed E-state index contributed by atoms with van der Waals surface area (Å²) in [4.78, 5) is 35.8. The van der Waals surface area contributed by atoms with E-state index in [1.54, 1.807) is 20.8 Å². The third-order valence-electron chi connectivity index (χ3n) is 3.27. The number of carbonyl (C=O) groups excluding carboxylic acids is 3. The highest BCUT2D eigenvalue weighted by atomic mass is 16.5. The molecule has 0 saturated heterocycles. The Bertz CT molecular complexity index is 312. The van der Waals surface area contributed by atoms with E-state index in [0.29, 0.717) is 6.42 Å². The standard InChI is InChI=1S/C12H18O4/c1-5-16-11(15)12(4)9(13)7(2)6-8(3)10(12)14/h7-8H,5-6H2,1-4H3/t7-,8+,12?. The summed E-state index contributed by atoms with van der Waals surface area (Å²) >= 11 is 0. The maximum Gasteiger partial charge on any atom is 0.327 e. The zero-order chi connectivity index (χ0) is 12.5. The first-order chi connectivity index (χ1) is 7.35. The molecule has 1 aliphatic carbocycles. The Kier molecular flexibility index (Phi) is 3.51. The van der Waals surface area contributed by atoms with Crippen molar-refractivity contribution in [3.8, 4) is 0 Å². The summed E-state index contributed by atoms with van der Waals surface area (Å²) in [6, 6.07) is 0. The summed E-state index contributed by atoms with van der Waals surface area (Å²) in [5.74, 6) is -1.85. The van der Waals surface area contributed by atoms with Gasteiger partial charge in [0.1, 0.15) is 0 Å². The van der Waals surface area contributed by atoms with Gasteiger partial charge in [0, 0.05) is 11.8 Å². The average molecular weight is 226 g/mol. The third-order valence-corrected chi connectivity index (χ3v) is 3.27. The molecule has 0 N–H and O–H groups in total. The number of carbonyl (C=O) groups is 3. The summed E-state index contributed by atoms with van der Waals surface area (Å²) in [7, 11) is 0. The number of ketones is 2. The van der Waals surface area contributed by atoms with Crippen molar-refractivity contribution in [3.63, 3.8) is 0 Å². The van der Waals surface area contributed by atoms with Crippen molar-refractivity contribution in [2.75, 3.05) is 6.61 Å². The van der Waals surface area contributed by atoms with E-state index >= 15 is 0 Å². The number of rotatable bonds is 2. The molecule has 1 fully saturated rings. The summed E-state index contributed by atoms with van der Waals surface area (Å²) in [6.45, 7) is 6.73. The molecule has 0 heterocycles. The van der Waals surface area contributed by atoms with Gasteiger partial charge in [0.05, 0.1) is 6.61 Å². The predicted octanol–water partition coefficient (Wildman–Crippen LogP) is 1.37. The van der Waals surface area contributed by atoms with E-state index in [1.165, 1.54) is 6.92 Å². The first-order valence-electron chi connectivity index (χ1n) is 5.61. The molecule has 0 bridgehead atoms. The van der Waals surface area contributed by atoms with Gasteiger partial charge in [0.2, 0.25) is 0 Å². The van der Waals surface area contributed by atoms with Crippen molar-refractivity contribution in [3.05, 3.63) is 0 Å². The van der Waals surface area contributed by atoms with Gasteiger partial charge in [-0.25, -0.2) is 0 Å². The number of esters is 1. The zero-order valence-electron chi connectivity index (χ0n) is 10.2. The van der Waals surface area contributed by atoms with E-state index in [9.17, 15) is 14.4 Å². The van der Waals surface area contributed by atoms with E-state index in [4.69, 9.17) is 4.74 Å². The van der Waals surface area contributed by atoms with E-state index in [2.05, 4.69) is 0 Å². The molecule has 0 radical (unpaired) electrons. The van der Waals surface area contributed by atoms with Crippen molar-refractivity contribution >= 4 is 17.5 Å². The van der Waals surface area contributed by atoms with Crippen molar-refractivity contribution < 1.29 is 19.1 Å². The fourth-order valence-corrected chi connectivity index (χ4v) is 2.33. The van der Waals surface area contributed by atoms with Crippen LogP contribution >= 0.6 is 0 Å². The van der Waals surface area contributed by atoms with Gasteiger partial charge >= 0.3 is 5.97 Å². The molecule has 4 heteroatoms. The minimum Gasteiger partial charge on any atom is -0.465 e. The highest BCUT2D eigenvalue weighted by Crippen LogP contribution is 2.37. The van der Waals surface area contributed by atoms with Crippen LogP contribution in [0.25, 0.3) is 0 Å². The monoisotopic (exact) mass is 226 g/mol. The summed E-state index contributed by atoms with van der Waals surface area (Å²) < 4.78 is 4.84. The van der Waals surface area contributed by atoms with Crippen molar-refractivity contribution in [2.45, 2.75) is 34.1 Å². The number of ether oxygens (including phenoxy) is 1. The molecule has 0 amide bonds. The third kappa shape index (κ3) is 1.77. The molecular formula is C12H18O4. The second-order valence-corrected chi connectivity index (χ2v) is 4.61. The SMILES string of the molecule is CCOC(=O)C1(C)C(=O)[C@H](C)C[C@H](C)C1=O. The van der Waals surface area contributed by atoms with Gasteiger partial charge in [-0.05, 0) is 20.3 Å². The van der Waals surface area contributed by atoms with Crippen LogP contribution in [0.4, 0.5) is 0 Å². The molecule has 0 aromatic heterocycles. The second kappa shape index (κ2) is 4.36. The number of hydrogen-bond acceptors (Lipinski definition) is 4. The van der Waals surface area contributed by atoms with Crippen LogP contribution in [0.15, 0.2) is 0 Å². The first-order valence-corrected chi connectivity index (χ1v) is 5.61. The quantitative estimate of drug-likeness (QED) is 0.527. The molecule has 1 rings (SSSR count). The van der Waals surface area contributed by atoms with E-state index in [-0.39, 0.29) is 30.0 Å². The lowest BCUT2D eigenvalue weighted by Gasteiger charge is -2.35. The molecule has 1 unspecified atom stereocenters. The Labute approximate surface area is 95.3 Å². The molecule has 0 spiro atoms. The van der Waals surface area contributed by atoms with Gasteiger partial charge in [0.25, 0.3) is 0 Å². The smallest absolute Gasteiger partial charge is 0.327 e. The van der Waals surface area contributed by atoms with Crippen LogP contribution in [-0.2, 0) is 19.1 Å². The van der Waals surface area contributed by atoms with Crippen LogP contribution in [0, 0.1) is 17.3 Å². The Balaban J connectivity index is 3.09. The molecule has 4 nitrogen and oxygen atoms in total. The van der Waals surface area contributed by atoms with Crippen molar-refractivity contribution in [1.29, 1.82) is 0 Å². The minimum atomic E-state index is -1.59. The van der Waals surface area contributed by atoms with Crippen LogP contribution in [-0.4, -0.2) is 24.1 Å². The van der Waals surface area contributed by atoms with Gasteiger partial charge < -0.3 is 4.74 Å². The van der Waals surface area contributed by atoms with E-state index in [0.717, 1.165) is 0 Å². The van der Waals surface area contributed by atoms with Gasteiger partial charge in [-0.2, -0.15) is 0 Å². The molecule has 1 aliphatic rings. The van der Waals surface area contributed by atoms with Crippen LogP contribution in [0.1, 0.15) is 34.1 Å². The maximum absolute atomic E-state index is 12.0. The minimum absolute atomic E-state index is 0.178.